The smallest absolute Gasteiger partial charge is 0.319 e. The number of fused-ring (bicyclic) bond motifs is 3. The van der Waals surface area contributed by atoms with E-state index in [1.165, 1.54) is 0 Å². The summed E-state index contributed by atoms with van der Waals surface area (Å²) >= 11 is 0. The van der Waals surface area contributed by atoms with Crippen LogP contribution in [0.3, 0.4) is 0 Å². The van der Waals surface area contributed by atoms with Crippen molar-refractivity contribution in [3.05, 3.63) is 59.7 Å². The molecule has 2 amide bonds. The molecule has 2 heterocycles. The highest BCUT2D eigenvalue weighted by Crippen LogP contribution is 2.39. The Kier molecular flexibility index (Phi) is 5.60. The molecular formula is C21H22F2N6O. The number of hydrogen-bond donors (Lipinski definition) is 3. The van der Waals surface area contributed by atoms with E-state index >= 15 is 0 Å². The first kappa shape index (κ1) is 19.8. The first-order chi connectivity index (χ1) is 14.5. The third-order valence-electron chi connectivity index (χ3n) is 5.15. The van der Waals surface area contributed by atoms with Gasteiger partial charge in [-0.2, -0.15) is 0 Å². The van der Waals surface area contributed by atoms with Gasteiger partial charge in [-0.3, -0.25) is 4.99 Å². The molecular weight excluding hydrogens is 390 g/mol. The average Bonchev–Trinajstić information content (AvgIpc) is 3.15. The number of urea groups is 1. The minimum atomic E-state index is -0.690. The van der Waals surface area contributed by atoms with Gasteiger partial charge >= 0.3 is 6.03 Å². The number of halogens is 2. The number of amidine groups is 1. The Morgan fingerprint density at radius 2 is 2.00 bits per heavy atom. The van der Waals surface area contributed by atoms with Crippen molar-refractivity contribution in [3.8, 4) is 0 Å². The monoisotopic (exact) mass is 412 g/mol. The third kappa shape index (κ3) is 4.10. The first-order valence-electron chi connectivity index (χ1n) is 9.75. The van der Waals surface area contributed by atoms with Gasteiger partial charge in [-0.05, 0) is 31.0 Å². The molecule has 0 aromatic heterocycles. The van der Waals surface area contributed by atoms with Gasteiger partial charge in [0.05, 0.1) is 23.8 Å². The van der Waals surface area contributed by atoms with Gasteiger partial charge in [0.2, 0.25) is 0 Å². The van der Waals surface area contributed by atoms with E-state index < -0.39 is 17.7 Å². The molecule has 9 heteroatoms. The lowest BCUT2D eigenvalue weighted by Crippen LogP contribution is -2.39. The fourth-order valence-electron chi connectivity index (χ4n) is 3.70. The molecule has 0 bridgehead atoms. The summed E-state index contributed by atoms with van der Waals surface area (Å²) in [6.45, 7) is 1.15. The van der Waals surface area contributed by atoms with Crippen LogP contribution in [0.5, 0.6) is 0 Å². The molecule has 4 N–H and O–H groups in total. The van der Waals surface area contributed by atoms with Crippen molar-refractivity contribution in [3.63, 3.8) is 0 Å². The summed E-state index contributed by atoms with van der Waals surface area (Å²) in [6, 6.07) is 10.1. The van der Waals surface area contributed by atoms with Crippen LogP contribution < -0.4 is 16.4 Å². The second kappa shape index (κ2) is 8.48. The number of carbonyl (C=O) groups excluding carboxylic acids is 1. The molecule has 2 unspecified atom stereocenters. The number of anilines is 1. The van der Waals surface area contributed by atoms with E-state index in [1.807, 2.05) is 30.6 Å². The van der Waals surface area contributed by atoms with Crippen molar-refractivity contribution < 1.29 is 13.6 Å². The van der Waals surface area contributed by atoms with Crippen molar-refractivity contribution in [1.29, 1.82) is 0 Å². The highest BCUT2D eigenvalue weighted by Gasteiger charge is 2.38. The largest absolute Gasteiger partial charge is 0.385 e. The SMILES string of the molecule is NC1=Nc2ccccc2C2C1N=CN2CCCCNC(=O)Nc1cc(F)ccc1F. The molecule has 0 saturated carbocycles. The van der Waals surface area contributed by atoms with Crippen LogP contribution in [0.25, 0.3) is 0 Å². The number of aliphatic imine (C=N–C) groups is 2. The van der Waals surface area contributed by atoms with Gasteiger partial charge in [0.1, 0.15) is 23.5 Å². The van der Waals surface area contributed by atoms with Gasteiger partial charge in [-0.15, -0.1) is 0 Å². The quantitative estimate of drug-likeness (QED) is 0.635. The lowest BCUT2D eigenvalue weighted by molar-refractivity contribution is 0.251. The van der Waals surface area contributed by atoms with Gasteiger partial charge in [0, 0.05) is 24.7 Å². The van der Waals surface area contributed by atoms with E-state index in [-0.39, 0.29) is 17.8 Å². The van der Waals surface area contributed by atoms with E-state index in [0.29, 0.717) is 18.8 Å². The number of rotatable bonds is 6. The predicted octanol–water partition coefficient (Wildman–Crippen LogP) is 3.32. The van der Waals surface area contributed by atoms with Crippen LogP contribution in [0, 0.1) is 11.6 Å². The molecule has 2 aliphatic rings. The fraction of sp³-hybridized carbons (Fsp3) is 0.286. The number of hydrogen-bond acceptors (Lipinski definition) is 5. The number of nitrogens with zero attached hydrogens (tertiary/aromatic N) is 3. The summed E-state index contributed by atoms with van der Waals surface area (Å²) in [6.07, 6.45) is 3.34. The Morgan fingerprint density at radius 3 is 2.87 bits per heavy atom. The summed E-state index contributed by atoms with van der Waals surface area (Å²) in [5, 5.41) is 4.96. The van der Waals surface area contributed by atoms with E-state index in [0.717, 1.165) is 42.4 Å². The molecule has 0 radical (unpaired) electrons. The number of carbonyl (C=O) groups is 1. The lowest BCUT2D eigenvalue weighted by atomic mass is 9.94. The van der Waals surface area contributed by atoms with Crippen molar-refractivity contribution in [1.82, 2.24) is 10.2 Å². The van der Waals surface area contributed by atoms with E-state index in [9.17, 15) is 13.6 Å². The van der Waals surface area contributed by atoms with Gasteiger partial charge in [-0.1, -0.05) is 18.2 Å². The molecule has 0 saturated heterocycles. The number of nitrogens with two attached hydrogens (primary N) is 1. The van der Waals surface area contributed by atoms with Crippen LogP contribution in [-0.4, -0.2) is 42.2 Å². The van der Waals surface area contributed by atoms with Gasteiger partial charge in [0.25, 0.3) is 0 Å². The van der Waals surface area contributed by atoms with E-state index in [2.05, 4.69) is 25.5 Å². The maximum absolute atomic E-state index is 13.6. The zero-order chi connectivity index (χ0) is 21.1. The number of amides is 2. The number of nitrogens with one attached hydrogen (secondary N) is 2. The molecule has 0 fully saturated rings. The second-order valence-corrected chi connectivity index (χ2v) is 7.20. The van der Waals surface area contributed by atoms with Gasteiger partial charge in [0.15, 0.2) is 0 Å². The van der Waals surface area contributed by atoms with Gasteiger partial charge in [-0.25, -0.2) is 18.6 Å². The Bertz CT molecular complexity index is 1010. The average molecular weight is 412 g/mol. The van der Waals surface area contributed by atoms with Gasteiger partial charge < -0.3 is 21.3 Å². The summed E-state index contributed by atoms with van der Waals surface area (Å²) in [5.41, 5.74) is 7.87. The molecule has 2 aliphatic heterocycles. The van der Waals surface area contributed by atoms with Crippen LogP contribution in [0.1, 0.15) is 24.4 Å². The Hall–Kier alpha value is -3.49. The lowest BCUT2D eigenvalue weighted by Gasteiger charge is -2.31. The van der Waals surface area contributed by atoms with Crippen LogP contribution in [0.4, 0.5) is 25.0 Å². The summed E-state index contributed by atoms with van der Waals surface area (Å²) < 4.78 is 26.7. The molecule has 0 aliphatic carbocycles. The van der Waals surface area contributed by atoms with Crippen LogP contribution >= 0.6 is 0 Å². The van der Waals surface area contributed by atoms with Crippen molar-refractivity contribution in [2.75, 3.05) is 18.4 Å². The Balaban J connectivity index is 1.25. The molecule has 2 atom stereocenters. The zero-order valence-corrected chi connectivity index (χ0v) is 16.2. The van der Waals surface area contributed by atoms with E-state index in [4.69, 9.17) is 5.73 Å². The molecule has 30 heavy (non-hydrogen) atoms. The minimum absolute atomic E-state index is 0.0333. The molecule has 4 rings (SSSR count). The first-order valence-corrected chi connectivity index (χ1v) is 9.75. The predicted molar refractivity (Wildman–Crippen MR) is 112 cm³/mol. The van der Waals surface area contributed by atoms with Crippen LogP contribution in [0.2, 0.25) is 0 Å². The van der Waals surface area contributed by atoms with Crippen molar-refractivity contribution in [2.24, 2.45) is 15.7 Å². The summed E-state index contributed by atoms with van der Waals surface area (Å²) in [7, 11) is 0. The molecule has 7 nitrogen and oxygen atoms in total. The third-order valence-corrected chi connectivity index (χ3v) is 5.15. The normalized spacial score (nSPS) is 19.1. The van der Waals surface area contributed by atoms with Crippen molar-refractivity contribution >= 4 is 29.6 Å². The Morgan fingerprint density at radius 1 is 1.17 bits per heavy atom. The van der Waals surface area contributed by atoms with Crippen molar-refractivity contribution in [2.45, 2.75) is 24.9 Å². The maximum atomic E-state index is 13.6. The highest BCUT2D eigenvalue weighted by molar-refractivity contribution is 5.94. The topological polar surface area (TPSA) is 95.1 Å². The second-order valence-electron chi connectivity index (χ2n) is 7.20. The Labute approximate surface area is 172 Å². The minimum Gasteiger partial charge on any atom is -0.385 e. The fourth-order valence-corrected chi connectivity index (χ4v) is 3.70. The standard InChI is InChI=1S/C21H22F2N6O/c22-13-7-8-15(23)17(11-13)28-21(30)25-9-3-4-10-29-12-26-18-19(29)14-5-1-2-6-16(14)27-20(18)24/h1-2,5-8,11-12,18-19H,3-4,9-10H2,(H2,24,27)(H2,25,28,30). The molecule has 156 valence electrons. The van der Waals surface area contributed by atoms with Crippen LogP contribution in [-0.2, 0) is 0 Å². The summed E-state index contributed by atoms with van der Waals surface area (Å²) in [5.74, 6) is -0.794. The molecule has 2 aromatic rings. The number of benzene rings is 2. The van der Waals surface area contributed by atoms with Crippen LogP contribution in [0.15, 0.2) is 52.4 Å². The molecule has 0 spiro atoms. The highest BCUT2D eigenvalue weighted by atomic mass is 19.1. The molecule has 2 aromatic carbocycles. The zero-order valence-electron chi connectivity index (χ0n) is 16.2. The van der Waals surface area contributed by atoms with E-state index in [1.54, 1.807) is 0 Å². The summed E-state index contributed by atoms with van der Waals surface area (Å²) in [4.78, 5) is 23.0. The number of para-hydroxylation sites is 1. The number of unbranched alkanes of at least 4 members (excludes halogenated alkanes) is 1. The maximum Gasteiger partial charge on any atom is 0.319 e.